The fraction of sp³-hybridized carbons (Fsp3) is 0.333. The summed E-state index contributed by atoms with van der Waals surface area (Å²) in [6.07, 6.45) is 0. The number of aryl methyl sites for hydroxylation is 2. The van der Waals surface area contributed by atoms with Crippen LogP contribution in [0.4, 0.5) is 4.39 Å². The van der Waals surface area contributed by atoms with E-state index in [1.165, 1.54) is 19.1 Å². The fourth-order valence-electron chi connectivity index (χ4n) is 1.98. The molecule has 0 N–H and O–H groups in total. The fourth-order valence-corrected chi connectivity index (χ4v) is 1.98. The summed E-state index contributed by atoms with van der Waals surface area (Å²) in [5, 5.41) is 4.30. The Labute approximate surface area is 117 Å². The van der Waals surface area contributed by atoms with Crippen molar-refractivity contribution < 1.29 is 13.9 Å². The molecule has 2 aromatic rings. The van der Waals surface area contributed by atoms with Crippen molar-refractivity contribution in [1.29, 1.82) is 0 Å². The first kappa shape index (κ1) is 14.2. The summed E-state index contributed by atoms with van der Waals surface area (Å²) in [5.74, 6) is -0.566. The number of aromatic nitrogens is 2. The van der Waals surface area contributed by atoms with Gasteiger partial charge in [-0.05, 0) is 45.0 Å². The molecule has 0 unspecified atom stereocenters. The van der Waals surface area contributed by atoms with Gasteiger partial charge < -0.3 is 4.74 Å². The number of Topliss-reactive ketones (excluding diaryl/α,β-unsaturated/α-hetero) is 1. The van der Waals surface area contributed by atoms with Crippen LogP contribution in [0, 0.1) is 12.7 Å². The molecule has 20 heavy (non-hydrogen) atoms. The van der Waals surface area contributed by atoms with E-state index in [0.717, 1.165) is 17.9 Å². The van der Waals surface area contributed by atoms with Gasteiger partial charge in [0.1, 0.15) is 6.61 Å². The van der Waals surface area contributed by atoms with Gasteiger partial charge in [0.2, 0.25) is 0 Å². The van der Waals surface area contributed by atoms with E-state index in [4.69, 9.17) is 4.74 Å². The maximum Gasteiger partial charge on any atom is 0.165 e. The highest BCUT2D eigenvalue weighted by Crippen LogP contribution is 2.20. The van der Waals surface area contributed by atoms with Crippen LogP contribution >= 0.6 is 0 Å². The van der Waals surface area contributed by atoms with Crippen molar-refractivity contribution in [3.05, 3.63) is 47.0 Å². The topological polar surface area (TPSA) is 44.1 Å². The van der Waals surface area contributed by atoms with Crippen molar-refractivity contribution in [2.75, 3.05) is 0 Å². The van der Waals surface area contributed by atoms with E-state index < -0.39 is 5.82 Å². The lowest BCUT2D eigenvalue weighted by molar-refractivity contribution is 0.101. The Bertz CT molecular complexity index is 635. The molecule has 1 aromatic heterocycles. The SMILES string of the molecule is CCn1nc(C)cc1COc1ccc(C(C)=O)cc1F. The molecule has 4 nitrogen and oxygen atoms in total. The Kier molecular flexibility index (Phi) is 4.17. The van der Waals surface area contributed by atoms with Crippen LogP contribution in [-0.2, 0) is 13.2 Å². The summed E-state index contributed by atoms with van der Waals surface area (Å²) in [6.45, 7) is 6.26. The standard InChI is InChI=1S/C15H17FN2O2/c1-4-18-13(7-10(2)17-18)9-20-15-6-5-12(11(3)19)8-14(15)16/h5-8H,4,9H2,1-3H3. The average Bonchev–Trinajstić information content (AvgIpc) is 2.77. The first-order chi connectivity index (χ1) is 9.51. The molecule has 0 saturated carbocycles. The number of halogens is 1. The molecular formula is C15H17FN2O2. The maximum absolute atomic E-state index is 13.8. The normalized spacial score (nSPS) is 10.6. The highest BCUT2D eigenvalue weighted by molar-refractivity contribution is 5.94. The molecule has 1 heterocycles. The summed E-state index contributed by atoms with van der Waals surface area (Å²) in [4.78, 5) is 11.2. The molecule has 0 aliphatic heterocycles. The molecule has 5 heteroatoms. The van der Waals surface area contributed by atoms with Crippen LogP contribution in [0.25, 0.3) is 0 Å². The molecule has 0 aliphatic carbocycles. The highest BCUT2D eigenvalue weighted by atomic mass is 19.1. The van der Waals surface area contributed by atoms with Crippen molar-refractivity contribution >= 4 is 5.78 Å². The number of nitrogens with zero attached hydrogens (tertiary/aromatic N) is 2. The predicted molar refractivity (Wildman–Crippen MR) is 73.4 cm³/mol. The Hall–Kier alpha value is -2.17. The van der Waals surface area contributed by atoms with Gasteiger partial charge in [-0.15, -0.1) is 0 Å². The molecular weight excluding hydrogens is 259 g/mol. The second-order valence-corrected chi connectivity index (χ2v) is 4.58. The Balaban J connectivity index is 2.12. The van der Waals surface area contributed by atoms with E-state index >= 15 is 0 Å². The lowest BCUT2D eigenvalue weighted by Crippen LogP contribution is -2.07. The van der Waals surface area contributed by atoms with Crippen molar-refractivity contribution in [1.82, 2.24) is 9.78 Å². The monoisotopic (exact) mass is 276 g/mol. The van der Waals surface area contributed by atoms with Gasteiger partial charge in [0.25, 0.3) is 0 Å². The van der Waals surface area contributed by atoms with E-state index in [1.54, 1.807) is 6.07 Å². The molecule has 0 atom stereocenters. The molecule has 0 amide bonds. The van der Waals surface area contributed by atoms with E-state index in [1.807, 2.05) is 24.6 Å². The molecule has 0 aliphatic rings. The second kappa shape index (κ2) is 5.86. The third-order valence-electron chi connectivity index (χ3n) is 3.00. The van der Waals surface area contributed by atoms with Gasteiger partial charge in [-0.2, -0.15) is 5.10 Å². The molecule has 0 saturated heterocycles. The summed E-state index contributed by atoms with van der Waals surface area (Å²) in [7, 11) is 0. The lowest BCUT2D eigenvalue weighted by Gasteiger charge is -2.09. The first-order valence-corrected chi connectivity index (χ1v) is 6.48. The van der Waals surface area contributed by atoms with Crippen LogP contribution in [0.3, 0.4) is 0 Å². The van der Waals surface area contributed by atoms with Gasteiger partial charge in [-0.1, -0.05) is 0 Å². The van der Waals surface area contributed by atoms with Crippen molar-refractivity contribution in [3.63, 3.8) is 0 Å². The number of hydrogen-bond donors (Lipinski definition) is 0. The van der Waals surface area contributed by atoms with Crippen LogP contribution in [0.15, 0.2) is 24.3 Å². The lowest BCUT2D eigenvalue weighted by atomic mass is 10.1. The van der Waals surface area contributed by atoms with Crippen LogP contribution in [0.2, 0.25) is 0 Å². The molecule has 106 valence electrons. The van der Waals surface area contributed by atoms with Crippen LogP contribution in [-0.4, -0.2) is 15.6 Å². The van der Waals surface area contributed by atoms with E-state index in [9.17, 15) is 9.18 Å². The molecule has 0 fully saturated rings. The van der Waals surface area contributed by atoms with Gasteiger partial charge in [0, 0.05) is 12.1 Å². The zero-order chi connectivity index (χ0) is 14.7. The molecule has 2 rings (SSSR count). The van der Waals surface area contributed by atoms with Crippen molar-refractivity contribution in [3.8, 4) is 5.75 Å². The van der Waals surface area contributed by atoms with Crippen LogP contribution in [0.5, 0.6) is 5.75 Å². The summed E-state index contributed by atoms with van der Waals surface area (Å²) in [6, 6.07) is 6.14. The minimum Gasteiger partial charge on any atom is -0.484 e. The molecule has 0 spiro atoms. The van der Waals surface area contributed by atoms with Gasteiger partial charge in [0.15, 0.2) is 17.3 Å². The number of carbonyl (C=O) groups excluding carboxylic acids is 1. The number of benzene rings is 1. The number of hydrogen-bond acceptors (Lipinski definition) is 3. The minimum absolute atomic E-state index is 0.136. The van der Waals surface area contributed by atoms with Crippen molar-refractivity contribution in [2.24, 2.45) is 0 Å². The third kappa shape index (κ3) is 3.04. The van der Waals surface area contributed by atoms with Crippen LogP contribution < -0.4 is 4.74 Å². The highest BCUT2D eigenvalue weighted by Gasteiger charge is 2.09. The van der Waals surface area contributed by atoms with Crippen LogP contribution in [0.1, 0.15) is 35.6 Å². The smallest absolute Gasteiger partial charge is 0.165 e. The summed E-state index contributed by atoms with van der Waals surface area (Å²) >= 11 is 0. The second-order valence-electron chi connectivity index (χ2n) is 4.58. The van der Waals surface area contributed by atoms with Gasteiger partial charge in [0.05, 0.1) is 11.4 Å². The minimum atomic E-state index is -0.531. The molecule has 0 radical (unpaired) electrons. The number of carbonyl (C=O) groups is 1. The van der Waals surface area contributed by atoms with Gasteiger partial charge in [-0.3, -0.25) is 9.48 Å². The van der Waals surface area contributed by atoms with E-state index in [0.29, 0.717) is 5.56 Å². The first-order valence-electron chi connectivity index (χ1n) is 6.48. The Morgan fingerprint density at radius 2 is 2.15 bits per heavy atom. The van der Waals surface area contributed by atoms with E-state index in [2.05, 4.69) is 5.10 Å². The largest absolute Gasteiger partial charge is 0.484 e. The average molecular weight is 276 g/mol. The molecule has 0 bridgehead atoms. The number of ether oxygens (including phenoxy) is 1. The zero-order valence-electron chi connectivity index (χ0n) is 11.8. The summed E-state index contributed by atoms with van der Waals surface area (Å²) < 4.78 is 21.1. The van der Waals surface area contributed by atoms with Crippen molar-refractivity contribution in [2.45, 2.75) is 33.9 Å². The Morgan fingerprint density at radius 1 is 1.40 bits per heavy atom. The maximum atomic E-state index is 13.8. The molecule has 1 aromatic carbocycles. The van der Waals surface area contributed by atoms with Gasteiger partial charge >= 0.3 is 0 Å². The summed E-state index contributed by atoms with van der Waals surface area (Å²) in [5.41, 5.74) is 2.13. The zero-order valence-corrected chi connectivity index (χ0v) is 11.8. The van der Waals surface area contributed by atoms with E-state index in [-0.39, 0.29) is 18.1 Å². The third-order valence-corrected chi connectivity index (χ3v) is 3.00. The number of ketones is 1. The quantitative estimate of drug-likeness (QED) is 0.788. The Morgan fingerprint density at radius 3 is 2.75 bits per heavy atom. The van der Waals surface area contributed by atoms with Gasteiger partial charge in [-0.25, -0.2) is 4.39 Å². The number of rotatable bonds is 5. The predicted octanol–water partition coefficient (Wildman–Crippen LogP) is 3.13.